The molecular weight excluding hydrogens is 361 g/mol. The molecule has 2 atom stereocenters. The maximum absolute atomic E-state index is 13.3. The number of rotatable bonds is 3. The monoisotopic (exact) mass is 379 g/mol. The fourth-order valence-electron chi connectivity index (χ4n) is 3.54. The summed E-state index contributed by atoms with van der Waals surface area (Å²) >= 11 is 0. The van der Waals surface area contributed by atoms with E-state index in [1.165, 1.54) is 29.3 Å². The van der Waals surface area contributed by atoms with E-state index in [9.17, 15) is 18.8 Å². The number of allylic oxidation sites excluding steroid dienone is 2. The minimum Gasteiger partial charge on any atom is -0.322 e. The molecule has 142 valence electrons. The molecule has 2 aromatic carbocycles. The largest absolute Gasteiger partial charge is 0.322 e. The van der Waals surface area contributed by atoms with Gasteiger partial charge < -0.3 is 5.32 Å². The van der Waals surface area contributed by atoms with E-state index in [1.807, 2.05) is 12.2 Å². The maximum Gasteiger partial charge on any atom is 0.255 e. The third-order valence-electron chi connectivity index (χ3n) is 4.98. The normalized spacial score (nSPS) is 21.1. The van der Waals surface area contributed by atoms with Gasteiger partial charge in [0.15, 0.2) is 0 Å². The molecule has 1 heterocycles. The Morgan fingerprint density at radius 2 is 1.79 bits per heavy atom. The highest BCUT2D eigenvalue weighted by molar-refractivity contribution is 6.07. The summed E-state index contributed by atoms with van der Waals surface area (Å²) in [5.74, 6) is -2.05. The summed E-state index contributed by atoms with van der Waals surface area (Å²) in [7, 11) is 0. The van der Waals surface area contributed by atoms with E-state index in [0.717, 1.165) is 0 Å². The summed E-state index contributed by atoms with van der Waals surface area (Å²) in [6.45, 7) is 0. The van der Waals surface area contributed by atoms with Crippen LogP contribution in [0.25, 0.3) is 0 Å². The van der Waals surface area contributed by atoms with Crippen molar-refractivity contribution in [3.8, 4) is 0 Å². The number of benzene rings is 2. The summed E-state index contributed by atoms with van der Waals surface area (Å²) in [6.07, 6.45) is 4.90. The van der Waals surface area contributed by atoms with Crippen LogP contribution in [0.3, 0.4) is 0 Å². The van der Waals surface area contributed by atoms with E-state index in [1.54, 1.807) is 24.3 Å². The first kappa shape index (κ1) is 17.9. The zero-order valence-electron chi connectivity index (χ0n) is 14.9. The van der Waals surface area contributed by atoms with E-state index in [4.69, 9.17) is 0 Å². The van der Waals surface area contributed by atoms with Gasteiger partial charge in [-0.15, -0.1) is 0 Å². The lowest BCUT2D eigenvalue weighted by molar-refractivity contribution is -0.139. The van der Waals surface area contributed by atoms with Crippen molar-refractivity contribution in [1.29, 1.82) is 0 Å². The van der Waals surface area contributed by atoms with Crippen LogP contribution in [0.4, 0.5) is 15.8 Å². The van der Waals surface area contributed by atoms with Crippen LogP contribution in [-0.2, 0) is 9.59 Å². The van der Waals surface area contributed by atoms with Crippen LogP contribution in [0.5, 0.6) is 0 Å². The second kappa shape index (κ2) is 7.26. The fourth-order valence-corrected chi connectivity index (χ4v) is 3.54. The number of anilines is 2. The van der Waals surface area contributed by atoms with E-state index in [-0.39, 0.29) is 23.3 Å². The standard InChI is InChI=1S/C21H18FN3O3/c22-14-6-4-7-15(12-14)23-19(26)13-5-3-8-16(11-13)25-21(28)18-10-2-1-9-17(18)20(27)24-25/h1-8,11-12,17-18H,9-10H2,(H,23,26)(H,24,27)/t17-,18+/m1/s1. The lowest BCUT2D eigenvalue weighted by atomic mass is 9.80. The lowest BCUT2D eigenvalue weighted by Crippen LogP contribution is -2.59. The molecule has 0 aromatic heterocycles. The number of amides is 3. The number of carbonyl (C=O) groups excluding carboxylic acids is 3. The molecule has 1 fully saturated rings. The third-order valence-corrected chi connectivity index (χ3v) is 4.98. The SMILES string of the molecule is O=C(Nc1cccc(F)c1)c1cccc(N2NC(=O)[C@@H]3CC=CC[C@@H]3C2=O)c1. The second-order valence-corrected chi connectivity index (χ2v) is 6.82. The first-order chi connectivity index (χ1) is 13.5. The van der Waals surface area contributed by atoms with Crippen molar-refractivity contribution in [3.63, 3.8) is 0 Å². The molecule has 2 aliphatic rings. The first-order valence-electron chi connectivity index (χ1n) is 8.99. The van der Waals surface area contributed by atoms with Crippen LogP contribution < -0.4 is 15.8 Å². The predicted molar refractivity (Wildman–Crippen MR) is 102 cm³/mol. The molecular formula is C21H18FN3O3. The van der Waals surface area contributed by atoms with Crippen molar-refractivity contribution >= 4 is 29.1 Å². The van der Waals surface area contributed by atoms with Gasteiger partial charge in [0.25, 0.3) is 5.91 Å². The number of halogens is 1. The van der Waals surface area contributed by atoms with Crippen LogP contribution >= 0.6 is 0 Å². The number of hydrogen-bond donors (Lipinski definition) is 2. The molecule has 3 amide bonds. The molecule has 0 unspecified atom stereocenters. The Kier molecular flexibility index (Phi) is 4.65. The van der Waals surface area contributed by atoms with Crippen LogP contribution in [0, 0.1) is 17.7 Å². The number of hydrazine groups is 1. The van der Waals surface area contributed by atoms with E-state index >= 15 is 0 Å². The number of nitrogens with zero attached hydrogens (tertiary/aromatic N) is 1. The minimum absolute atomic E-state index is 0.198. The average molecular weight is 379 g/mol. The van der Waals surface area contributed by atoms with Gasteiger partial charge in [-0.1, -0.05) is 24.3 Å². The van der Waals surface area contributed by atoms with Gasteiger partial charge in [0.1, 0.15) is 5.82 Å². The summed E-state index contributed by atoms with van der Waals surface area (Å²) < 4.78 is 13.3. The Labute approximate surface area is 161 Å². The van der Waals surface area contributed by atoms with Crippen molar-refractivity contribution < 1.29 is 18.8 Å². The Morgan fingerprint density at radius 3 is 2.57 bits per heavy atom. The fraction of sp³-hybridized carbons (Fsp3) is 0.190. The molecule has 0 saturated carbocycles. The van der Waals surface area contributed by atoms with Crippen LogP contribution in [-0.4, -0.2) is 17.7 Å². The number of fused-ring (bicyclic) bond motifs is 1. The number of hydrogen-bond acceptors (Lipinski definition) is 3. The van der Waals surface area contributed by atoms with E-state index in [0.29, 0.717) is 24.2 Å². The molecule has 28 heavy (non-hydrogen) atoms. The summed E-state index contributed by atoms with van der Waals surface area (Å²) in [5.41, 5.74) is 3.65. The molecule has 7 heteroatoms. The summed E-state index contributed by atoms with van der Waals surface area (Å²) in [5, 5.41) is 3.83. The highest BCUT2D eigenvalue weighted by Crippen LogP contribution is 2.32. The molecule has 1 aliphatic carbocycles. The quantitative estimate of drug-likeness (QED) is 0.805. The Hall–Kier alpha value is -3.48. The van der Waals surface area contributed by atoms with Crippen molar-refractivity contribution in [2.75, 3.05) is 10.3 Å². The third kappa shape index (κ3) is 3.38. The van der Waals surface area contributed by atoms with Crippen molar-refractivity contribution in [2.24, 2.45) is 11.8 Å². The van der Waals surface area contributed by atoms with Gasteiger partial charge in [-0.2, -0.15) is 0 Å². The zero-order valence-corrected chi connectivity index (χ0v) is 14.9. The molecule has 0 spiro atoms. The van der Waals surface area contributed by atoms with Crippen LogP contribution in [0.2, 0.25) is 0 Å². The van der Waals surface area contributed by atoms with Gasteiger partial charge in [-0.3, -0.25) is 19.8 Å². The van der Waals surface area contributed by atoms with Crippen LogP contribution in [0.15, 0.2) is 60.7 Å². The van der Waals surface area contributed by atoms with Gasteiger partial charge in [-0.05, 0) is 49.2 Å². The maximum atomic E-state index is 13.3. The Morgan fingerprint density at radius 1 is 1.04 bits per heavy atom. The van der Waals surface area contributed by atoms with Gasteiger partial charge in [-0.25, -0.2) is 9.40 Å². The van der Waals surface area contributed by atoms with E-state index < -0.39 is 17.6 Å². The minimum atomic E-state index is -0.454. The second-order valence-electron chi connectivity index (χ2n) is 6.82. The Bertz CT molecular complexity index is 988. The van der Waals surface area contributed by atoms with Crippen molar-refractivity contribution in [1.82, 2.24) is 5.43 Å². The van der Waals surface area contributed by atoms with Gasteiger partial charge >= 0.3 is 0 Å². The molecule has 4 rings (SSSR count). The summed E-state index contributed by atoms with van der Waals surface area (Å²) in [6, 6.07) is 12.0. The van der Waals surface area contributed by atoms with Gasteiger partial charge in [0.05, 0.1) is 17.5 Å². The van der Waals surface area contributed by atoms with E-state index in [2.05, 4.69) is 10.7 Å². The predicted octanol–water partition coefficient (Wildman–Crippen LogP) is 3.04. The van der Waals surface area contributed by atoms with Gasteiger partial charge in [0.2, 0.25) is 11.8 Å². The molecule has 1 saturated heterocycles. The number of nitrogens with one attached hydrogen (secondary N) is 2. The molecule has 6 nitrogen and oxygen atoms in total. The lowest BCUT2D eigenvalue weighted by Gasteiger charge is -2.38. The van der Waals surface area contributed by atoms with Crippen molar-refractivity contribution in [3.05, 3.63) is 72.1 Å². The van der Waals surface area contributed by atoms with Crippen LogP contribution in [0.1, 0.15) is 23.2 Å². The average Bonchev–Trinajstić information content (AvgIpc) is 2.71. The molecule has 0 bridgehead atoms. The first-order valence-corrected chi connectivity index (χ1v) is 8.99. The highest BCUT2D eigenvalue weighted by atomic mass is 19.1. The Balaban J connectivity index is 1.56. The molecule has 2 aromatic rings. The highest BCUT2D eigenvalue weighted by Gasteiger charge is 2.42. The topological polar surface area (TPSA) is 78.5 Å². The zero-order chi connectivity index (χ0) is 19.7. The van der Waals surface area contributed by atoms with Crippen molar-refractivity contribution in [2.45, 2.75) is 12.8 Å². The molecule has 0 radical (unpaired) electrons. The molecule has 2 N–H and O–H groups in total. The molecule has 1 aliphatic heterocycles. The van der Waals surface area contributed by atoms with Gasteiger partial charge in [0, 0.05) is 11.3 Å². The number of carbonyl (C=O) groups is 3. The summed E-state index contributed by atoms with van der Waals surface area (Å²) in [4.78, 5) is 37.7. The smallest absolute Gasteiger partial charge is 0.255 e.